The Bertz CT molecular complexity index is 399. The van der Waals surface area contributed by atoms with E-state index in [2.05, 4.69) is 12.2 Å². The van der Waals surface area contributed by atoms with Crippen molar-refractivity contribution >= 4 is 11.6 Å². The molecule has 0 aliphatic heterocycles. The molecule has 0 aromatic heterocycles. The highest BCUT2D eigenvalue weighted by molar-refractivity contribution is 5.76. The van der Waals surface area contributed by atoms with Crippen LogP contribution in [-0.2, 0) is 11.2 Å². The summed E-state index contributed by atoms with van der Waals surface area (Å²) in [5.74, 6) is 0.521. The fourth-order valence-electron chi connectivity index (χ4n) is 2.85. The molecule has 0 radical (unpaired) electrons. The molecule has 1 aliphatic rings. The summed E-state index contributed by atoms with van der Waals surface area (Å²) in [5.41, 5.74) is 7.30. The summed E-state index contributed by atoms with van der Waals surface area (Å²) in [7, 11) is 0. The van der Waals surface area contributed by atoms with E-state index in [1.54, 1.807) is 0 Å². The van der Waals surface area contributed by atoms with E-state index >= 15 is 0 Å². The third-order valence-electron chi connectivity index (χ3n) is 3.87. The van der Waals surface area contributed by atoms with Crippen molar-refractivity contribution in [2.45, 2.75) is 45.1 Å². The Kier molecular flexibility index (Phi) is 4.24. The van der Waals surface area contributed by atoms with Gasteiger partial charge in [-0.25, -0.2) is 0 Å². The molecule has 3 nitrogen and oxygen atoms in total. The molecule has 3 N–H and O–H groups in total. The van der Waals surface area contributed by atoms with Gasteiger partial charge in [-0.05, 0) is 36.5 Å². The van der Waals surface area contributed by atoms with Crippen molar-refractivity contribution in [2.24, 2.45) is 11.7 Å². The van der Waals surface area contributed by atoms with E-state index in [9.17, 15) is 4.79 Å². The van der Waals surface area contributed by atoms with Gasteiger partial charge in [-0.15, -0.1) is 0 Å². The van der Waals surface area contributed by atoms with E-state index in [4.69, 9.17) is 5.73 Å². The average Bonchev–Trinajstić information content (AvgIpc) is 2.78. The molecule has 1 saturated carbocycles. The van der Waals surface area contributed by atoms with Crippen LogP contribution < -0.4 is 11.1 Å². The first-order chi connectivity index (χ1) is 8.69. The molecule has 1 aromatic rings. The number of hydrogen-bond acceptors (Lipinski definition) is 2. The van der Waals surface area contributed by atoms with Gasteiger partial charge in [-0.1, -0.05) is 31.9 Å². The van der Waals surface area contributed by atoms with E-state index in [-0.39, 0.29) is 5.91 Å². The third-order valence-corrected chi connectivity index (χ3v) is 3.87. The Hall–Kier alpha value is -1.51. The van der Waals surface area contributed by atoms with Crippen molar-refractivity contribution in [3.63, 3.8) is 0 Å². The van der Waals surface area contributed by atoms with Crippen molar-refractivity contribution in [1.29, 1.82) is 0 Å². The lowest BCUT2D eigenvalue weighted by atomic mass is 10.0. The molecule has 0 spiro atoms. The maximum Gasteiger partial charge on any atom is 0.221 e. The van der Waals surface area contributed by atoms with Crippen LogP contribution in [0.1, 0.15) is 38.2 Å². The Morgan fingerprint density at radius 1 is 1.33 bits per heavy atom. The summed E-state index contributed by atoms with van der Waals surface area (Å²) in [5, 5.41) is 3.61. The van der Waals surface area contributed by atoms with E-state index in [1.165, 1.54) is 25.7 Å². The first-order valence-corrected chi connectivity index (χ1v) is 6.83. The largest absolute Gasteiger partial charge is 0.382 e. The summed E-state index contributed by atoms with van der Waals surface area (Å²) >= 11 is 0. The van der Waals surface area contributed by atoms with Gasteiger partial charge in [-0.2, -0.15) is 0 Å². The van der Waals surface area contributed by atoms with Crippen molar-refractivity contribution in [2.75, 3.05) is 5.32 Å². The van der Waals surface area contributed by atoms with Gasteiger partial charge >= 0.3 is 0 Å². The molecule has 0 heterocycles. The second kappa shape index (κ2) is 5.89. The van der Waals surface area contributed by atoms with Crippen LogP contribution in [0, 0.1) is 5.92 Å². The SMILES string of the molecule is CCC1CCCC1Nc1ccc(CC(N)=O)cc1. The number of amides is 1. The maximum absolute atomic E-state index is 10.8. The van der Waals surface area contributed by atoms with Gasteiger partial charge in [0.25, 0.3) is 0 Å². The number of benzene rings is 1. The van der Waals surface area contributed by atoms with Crippen LogP contribution in [0.15, 0.2) is 24.3 Å². The molecule has 2 rings (SSSR count). The molecule has 2 unspecified atom stereocenters. The summed E-state index contributed by atoms with van der Waals surface area (Å²) < 4.78 is 0. The molecule has 1 amide bonds. The normalized spacial score (nSPS) is 22.9. The van der Waals surface area contributed by atoms with Crippen LogP contribution in [0.3, 0.4) is 0 Å². The topological polar surface area (TPSA) is 55.1 Å². The number of carbonyl (C=O) groups is 1. The Morgan fingerprint density at radius 3 is 2.67 bits per heavy atom. The van der Waals surface area contributed by atoms with Gasteiger partial charge in [0.1, 0.15) is 0 Å². The van der Waals surface area contributed by atoms with Crippen molar-refractivity contribution < 1.29 is 4.79 Å². The summed E-state index contributed by atoms with van der Waals surface area (Å²) in [6.45, 7) is 2.26. The molecule has 1 fully saturated rings. The number of nitrogens with two attached hydrogens (primary N) is 1. The molecule has 1 aromatic carbocycles. The van der Waals surface area contributed by atoms with Crippen LogP contribution >= 0.6 is 0 Å². The second-order valence-electron chi connectivity index (χ2n) is 5.19. The van der Waals surface area contributed by atoms with Gasteiger partial charge in [0.2, 0.25) is 5.91 Å². The minimum atomic E-state index is -0.280. The highest BCUT2D eigenvalue weighted by atomic mass is 16.1. The quantitative estimate of drug-likeness (QED) is 0.839. The number of nitrogens with one attached hydrogen (secondary N) is 1. The van der Waals surface area contributed by atoms with Crippen LogP contribution in [-0.4, -0.2) is 11.9 Å². The molecule has 98 valence electrons. The van der Waals surface area contributed by atoms with E-state index in [0.29, 0.717) is 12.5 Å². The summed E-state index contributed by atoms with van der Waals surface area (Å²) in [6.07, 6.45) is 5.50. The molecular weight excluding hydrogens is 224 g/mol. The fraction of sp³-hybridized carbons (Fsp3) is 0.533. The zero-order valence-electron chi connectivity index (χ0n) is 11.0. The lowest BCUT2D eigenvalue weighted by Gasteiger charge is -2.21. The molecule has 18 heavy (non-hydrogen) atoms. The lowest BCUT2D eigenvalue weighted by molar-refractivity contribution is -0.117. The number of hydrogen-bond donors (Lipinski definition) is 2. The number of rotatable bonds is 5. The molecule has 3 heteroatoms. The van der Waals surface area contributed by atoms with E-state index < -0.39 is 0 Å². The monoisotopic (exact) mass is 246 g/mol. The number of primary amides is 1. The highest BCUT2D eigenvalue weighted by Crippen LogP contribution is 2.30. The Labute approximate surface area is 109 Å². The van der Waals surface area contributed by atoms with Crippen LogP contribution in [0.4, 0.5) is 5.69 Å². The maximum atomic E-state index is 10.8. The Morgan fingerprint density at radius 2 is 2.06 bits per heavy atom. The van der Waals surface area contributed by atoms with Gasteiger partial charge in [-0.3, -0.25) is 4.79 Å². The fourth-order valence-corrected chi connectivity index (χ4v) is 2.85. The predicted molar refractivity (Wildman–Crippen MR) is 74.4 cm³/mol. The first kappa shape index (κ1) is 12.9. The zero-order chi connectivity index (χ0) is 13.0. The van der Waals surface area contributed by atoms with Gasteiger partial charge in [0, 0.05) is 11.7 Å². The Balaban J connectivity index is 1.95. The standard InChI is InChI=1S/C15H22N2O/c1-2-12-4-3-5-14(12)17-13-8-6-11(7-9-13)10-15(16)18/h6-9,12,14,17H,2-5,10H2,1H3,(H2,16,18). The van der Waals surface area contributed by atoms with Gasteiger partial charge in [0.15, 0.2) is 0 Å². The minimum absolute atomic E-state index is 0.280. The van der Waals surface area contributed by atoms with Crippen molar-refractivity contribution in [1.82, 2.24) is 0 Å². The molecule has 0 bridgehead atoms. The predicted octanol–water partition coefficient (Wildman–Crippen LogP) is 2.71. The van der Waals surface area contributed by atoms with E-state index in [0.717, 1.165) is 17.2 Å². The van der Waals surface area contributed by atoms with Crippen LogP contribution in [0.25, 0.3) is 0 Å². The van der Waals surface area contributed by atoms with Gasteiger partial charge < -0.3 is 11.1 Å². The number of carbonyl (C=O) groups excluding carboxylic acids is 1. The van der Waals surface area contributed by atoms with Crippen LogP contribution in [0.5, 0.6) is 0 Å². The molecule has 1 aliphatic carbocycles. The summed E-state index contributed by atoms with van der Waals surface area (Å²) in [4.78, 5) is 10.8. The third kappa shape index (κ3) is 3.25. The smallest absolute Gasteiger partial charge is 0.221 e. The van der Waals surface area contributed by atoms with Crippen molar-refractivity contribution in [3.8, 4) is 0 Å². The molecule has 0 saturated heterocycles. The lowest BCUT2D eigenvalue weighted by Crippen LogP contribution is -2.23. The summed E-state index contributed by atoms with van der Waals surface area (Å²) in [6, 6.07) is 8.65. The van der Waals surface area contributed by atoms with Crippen LogP contribution in [0.2, 0.25) is 0 Å². The molecular formula is C15H22N2O. The average molecular weight is 246 g/mol. The van der Waals surface area contributed by atoms with Crippen molar-refractivity contribution in [3.05, 3.63) is 29.8 Å². The minimum Gasteiger partial charge on any atom is -0.382 e. The second-order valence-corrected chi connectivity index (χ2v) is 5.19. The molecule has 2 atom stereocenters. The number of anilines is 1. The van der Waals surface area contributed by atoms with E-state index in [1.807, 2.05) is 24.3 Å². The zero-order valence-corrected chi connectivity index (χ0v) is 11.0. The highest BCUT2D eigenvalue weighted by Gasteiger charge is 2.25. The first-order valence-electron chi connectivity index (χ1n) is 6.83. The van der Waals surface area contributed by atoms with Gasteiger partial charge in [0.05, 0.1) is 6.42 Å².